The van der Waals surface area contributed by atoms with E-state index < -0.39 is 31.6 Å². The van der Waals surface area contributed by atoms with Gasteiger partial charge in [-0.15, -0.1) is 0 Å². The summed E-state index contributed by atoms with van der Waals surface area (Å²) in [5, 5.41) is 2.77. The molecule has 0 aromatic rings. The summed E-state index contributed by atoms with van der Waals surface area (Å²) in [4.78, 5) is 11.7. The van der Waals surface area contributed by atoms with Crippen LogP contribution in [-0.4, -0.2) is 39.3 Å². The molecule has 1 saturated carbocycles. The monoisotopic (exact) mass is 333 g/mol. The Hall–Kier alpha value is -0.623. The van der Waals surface area contributed by atoms with Gasteiger partial charge in [-0.1, -0.05) is 20.8 Å². The zero-order valence-corrected chi connectivity index (χ0v) is 16.3. The van der Waals surface area contributed by atoms with Crippen molar-refractivity contribution in [1.82, 2.24) is 5.32 Å². The van der Waals surface area contributed by atoms with Gasteiger partial charge in [-0.2, -0.15) is 0 Å². The van der Waals surface area contributed by atoms with Gasteiger partial charge in [-0.3, -0.25) is 0 Å². The van der Waals surface area contributed by atoms with Crippen molar-refractivity contribution in [3.05, 3.63) is 0 Å². The molecular formula is C16H32FNO3Si. The van der Waals surface area contributed by atoms with Crippen LogP contribution in [0, 0.1) is 5.41 Å². The summed E-state index contributed by atoms with van der Waals surface area (Å²) in [7, 11) is -1.91. The number of ether oxygens (including phenoxy) is 1. The number of alkyl halides is 1. The molecule has 1 aliphatic rings. The van der Waals surface area contributed by atoms with Crippen LogP contribution in [0.1, 0.15) is 48.0 Å². The maximum atomic E-state index is 13.8. The van der Waals surface area contributed by atoms with Crippen LogP contribution in [0.3, 0.4) is 0 Å². The quantitative estimate of drug-likeness (QED) is 0.765. The van der Waals surface area contributed by atoms with Crippen molar-refractivity contribution in [2.75, 3.05) is 13.2 Å². The predicted molar refractivity (Wildman–Crippen MR) is 89.3 cm³/mol. The van der Waals surface area contributed by atoms with E-state index in [4.69, 9.17) is 9.16 Å². The third kappa shape index (κ3) is 5.23. The van der Waals surface area contributed by atoms with Crippen LogP contribution in [0.4, 0.5) is 9.18 Å². The van der Waals surface area contributed by atoms with Crippen LogP contribution in [0.5, 0.6) is 0 Å². The molecule has 0 spiro atoms. The number of hydrogen-bond donors (Lipinski definition) is 1. The Morgan fingerprint density at radius 1 is 1.27 bits per heavy atom. The molecule has 22 heavy (non-hydrogen) atoms. The molecule has 0 heterocycles. The fourth-order valence-electron chi connectivity index (χ4n) is 1.78. The Labute approximate surface area is 135 Å². The molecule has 0 unspecified atom stereocenters. The first-order chi connectivity index (χ1) is 9.69. The Balaban J connectivity index is 2.52. The van der Waals surface area contributed by atoms with Gasteiger partial charge < -0.3 is 14.5 Å². The van der Waals surface area contributed by atoms with Gasteiger partial charge in [-0.05, 0) is 45.3 Å². The molecule has 0 aromatic heterocycles. The maximum Gasteiger partial charge on any atom is 0.407 e. The summed E-state index contributed by atoms with van der Waals surface area (Å²) in [6, 6.07) is 0. The van der Waals surface area contributed by atoms with Gasteiger partial charge in [-0.25, -0.2) is 9.18 Å². The van der Waals surface area contributed by atoms with Crippen molar-refractivity contribution < 1.29 is 18.3 Å². The first-order valence-corrected chi connectivity index (χ1v) is 10.8. The third-order valence-electron chi connectivity index (χ3n) is 4.60. The number of carbonyl (C=O) groups is 1. The molecule has 130 valence electrons. The van der Waals surface area contributed by atoms with Gasteiger partial charge in [0.05, 0.1) is 0 Å². The molecule has 1 amide bonds. The second-order valence-corrected chi connectivity index (χ2v) is 13.7. The van der Waals surface area contributed by atoms with E-state index in [0.29, 0.717) is 13.0 Å². The van der Waals surface area contributed by atoms with E-state index in [2.05, 4.69) is 39.2 Å². The van der Waals surface area contributed by atoms with Crippen LogP contribution in [0.15, 0.2) is 0 Å². The van der Waals surface area contributed by atoms with Crippen molar-refractivity contribution >= 4 is 14.4 Å². The van der Waals surface area contributed by atoms with Crippen LogP contribution in [0.2, 0.25) is 18.1 Å². The molecule has 1 N–H and O–H groups in total. The lowest BCUT2D eigenvalue weighted by molar-refractivity contribution is 0.0504. The van der Waals surface area contributed by atoms with Gasteiger partial charge >= 0.3 is 6.09 Å². The molecule has 0 saturated heterocycles. The summed E-state index contributed by atoms with van der Waals surface area (Å²) < 4.78 is 25.2. The SMILES string of the molecule is CC(C)(C)OC(=O)NC[C@@]1(CO[Si](C)(C)C(C)(C)C)C[C@@H]1F. The van der Waals surface area contributed by atoms with Crippen molar-refractivity contribution in [3.8, 4) is 0 Å². The van der Waals surface area contributed by atoms with Gasteiger partial charge in [0.15, 0.2) is 8.32 Å². The fourth-order valence-corrected chi connectivity index (χ4v) is 2.87. The average Bonchev–Trinajstić information content (AvgIpc) is 2.92. The Morgan fingerprint density at radius 3 is 2.14 bits per heavy atom. The van der Waals surface area contributed by atoms with Crippen molar-refractivity contribution in [2.45, 2.75) is 77.9 Å². The van der Waals surface area contributed by atoms with E-state index in [1.807, 2.05) is 0 Å². The minimum atomic E-state index is -1.91. The number of nitrogens with one attached hydrogen (secondary N) is 1. The zero-order chi connectivity index (χ0) is 17.4. The highest BCUT2D eigenvalue weighted by molar-refractivity contribution is 6.74. The van der Waals surface area contributed by atoms with Gasteiger partial charge in [0, 0.05) is 18.6 Å². The largest absolute Gasteiger partial charge is 0.444 e. The second-order valence-electron chi connectivity index (χ2n) is 8.94. The lowest BCUT2D eigenvalue weighted by Gasteiger charge is -2.37. The maximum absolute atomic E-state index is 13.8. The molecule has 1 aliphatic carbocycles. The Morgan fingerprint density at radius 2 is 1.77 bits per heavy atom. The van der Waals surface area contributed by atoms with E-state index >= 15 is 0 Å². The fraction of sp³-hybridized carbons (Fsp3) is 0.938. The highest BCUT2D eigenvalue weighted by Gasteiger charge is 2.56. The molecule has 0 aliphatic heterocycles. The van der Waals surface area contributed by atoms with Gasteiger partial charge in [0.25, 0.3) is 0 Å². The number of halogens is 1. The van der Waals surface area contributed by atoms with Crippen LogP contribution in [-0.2, 0) is 9.16 Å². The number of amides is 1. The highest BCUT2D eigenvalue weighted by atomic mass is 28.4. The topological polar surface area (TPSA) is 47.6 Å². The van der Waals surface area contributed by atoms with Crippen molar-refractivity contribution in [1.29, 1.82) is 0 Å². The van der Waals surface area contributed by atoms with Crippen LogP contribution >= 0.6 is 0 Å². The number of hydrogen-bond acceptors (Lipinski definition) is 3. The molecular weight excluding hydrogens is 301 g/mol. The van der Waals surface area contributed by atoms with E-state index in [1.54, 1.807) is 20.8 Å². The number of carbonyl (C=O) groups excluding carboxylic acids is 1. The molecule has 0 aromatic carbocycles. The molecule has 0 bridgehead atoms. The number of rotatable bonds is 5. The predicted octanol–water partition coefficient (Wildman–Crippen LogP) is 4.26. The minimum Gasteiger partial charge on any atom is -0.444 e. The van der Waals surface area contributed by atoms with Crippen molar-refractivity contribution in [3.63, 3.8) is 0 Å². The van der Waals surface area contributed by atoms with Crippen molar-refractivity contribution in [2.24, 2.45) is 5.41 Å². The molecule has 6 heteroatoms. The smallest absolute Gasteiger partial charge is 0.407 e. The van der Waals surface area contributed by atoms with E-state index in [-0.39, 0.29) is 11.6 Å². The first kappa shape index (κ1) is 19.4. The summed E-state index contributed by atoms with van der Waals surface area (Å²) in [5.74, 6) is 0. The molecule has 1 fully saturated rings. The average molecular weight is 334 g/mol. The number of alkyl carbamates (subject to hydrolysis) is 1. The summed E-state index contributed by atoms with van der Waals surface area (Å²) in [6.07, 6.45) is -0.970. The summed E-state index contributed by atoms with van der Waals surface area (Å²) >= 11 is 0. The standard InChI is InChI=1S/C16H32FNO3Si/c1-14(2,3)21-13(19)18-10-16(9-12(16)17)11-20-22(7,8)15(4,5)6/h12H,9-11H2,1-8H3,(H,18,19)/t12-,16+/m0/s1. The molecule has 0 radical (unpaired) electrons. The van der Waals surface area contributed by atoms with Gasteiger partial charge in [0.1, 0.15) is 11.8 Å². The molecule has 4 nitrogen and oxygen atoms in total. The van der Waals surface area contributed by atoms with Crippen LogP contribution < -0.4 is 5.32 Å². The summed E-state index contributed by atoms with van der Waals surface area (Å²) in [6.45, 7) is 16.8. The van der Waals surface area contributed by atoms with Crippen LogP contribution in [0.25, 0.3) is 0 Å². The van der Waals surface area contributed by atoms with E-state index in [0.717, 1.165) is 0 Å². The second kappa shape index (κ2) is 6.11. The normalized spacial score (nSPS) is 25.8. The third-order valence-corrected chi connectivity index (χ3v) is 9.08. The zero-order valence-electron chi connectivity index (χ0n) is 15.3. The van der Waals surface area contributed by atoms with E-state index in [1.165, 1.54) is 0 Å². The van der Waals surface area contributed by atoms with E-state index in [9.17, 15) is 9.18 Å². The molecule has 1 rings (SSSR count). The Kier molecular flexibility index (Phi) is 5.40. The highest BCUT2D eigenvalue weighted by Crippen LogP contribution is 2.50. The lowest BCUT2D eigenvalue weighted by atomic mass is 10.1. The lowest BCUT2D eigenvalue weighted by Crippen LogP contribution is -2.44. The molecule has 2 atom stereocenters. The summed E-state index contributed by atoms with van der Waals surface area (Å²) in [5.41, 5.74) is -1.13. The Bertz CT molecular complexity index is 415. The first-order valence-electron chi connectivity index (χ1n) is 7.93. The minimum absolute atomic E-state index is 0.0908. The van der Waals surface area contributed by atoms with Gasteiger partial charge in [0.2, 0.25) is 0 Å².